The summed E-state index contributed by atoms with van der Waals surface area (Å²) in [4.78, 5) is 28.2. The Morgan fingerprint density at radius 3 is 2.44 bits per heavy atom. The highest BCUT2D eigenvalue weighted by atomic mass is 19.4. The van der Waals surface area contributed by atoms with Crippen LogP contribution in [0.4, 0.5) is 23.4 Å². The fourth-order valence-corrected chi connectivity index (χ4v) is 9.01. The molecule has 1 aliphatic carbocycles. The quantitative estimate of drug-likeness (QED) is 0.159. The van der Waals surface area contributed by atoms with Gasteiger partial charge in [-0.1, -0.05) is 12.6 Å². The number of aromatic nitrogens is 4. The monoisotopic (exact) mass is 719 g/mol. The van der Waals surface area contributed by atoms with Gasteiger partial charge in [0.05, 0.1) is 11.7 Å². The zero-order valence-corrected chi connectivity index (χ0v) is 29.1. The number of H-pyrrole nitrogens is 1. The van der Waals surface area contributed by atoms with Crippen molar-refractivity contribution in [2.75, 3.05) is 57.3 Å². The number of ether oxygens (including phenoxy) is 2. The van der Waals surface area contributed by atoms with Crippen molar-refractivity contribution in [1.82, 2.24) is 30.0 Å². The van der Waals surface area contributed by atoms with Crippen molar-refractivity contribution < 1.29 is 31.8 Å². The molecule has 5 aliphatic heterocycles. The number of hydrogen-bond donors (Lipinski definition) is 1. The van der Waals surface area contributed by atoms with E-state index in [1.54, 1.807) is 6.20 Å². The van der Waals surface area contributed by atoms with E-state index in [0.717, 1.165) is 85.8 Å². The number of likely N-dealkylation sites (tertiary alicyclic amines) is 1. The normalized spacial score (nSPS) is 24.1. The van der Waals surface area contributed by atoms with Crippen molar-refractivity contribution in [3.8, 4) is 22.9 Å². The van der Waals surface area contributed by atoms with E-state index < -0.39 is 24.5 Å². The van der Waals surface area contributed by atoms with Crippen molar-refractivity contribution in [3.05, 3.63) is 47.9 Å². The molecular formula is C38H41F4N7O3. The minimum absolute atomic E-state index is 0.0732. The molecule has 6 aliphatic rings. The van der Waals surface area contributed by atoms with Gasteiger partial charge in [0.25, 0.3) is 5.91 Å². The fourth-order valence-electron chi connectivity index (χ4n) is 9.01. The van der Waals surface area contributed by atoms with Crippen LogP contribution in [0.25, 0.3) is 32.9 Å². The van der Waals surface area contributed by atoms with Gasteiger partial charge in [-0.25, -0.2) is 4.39 Å². The van der Waals surface area contributed by atoms with Crippen molar-refractivity contribution in [2.45, 2.75) is 63.6 Å². The standard InChI is InChI=1S/C38H41F4N7O3/c1-21-3-6-28-27(16-43-46-28)30(21)31-25(23-4-5-23)15-26-32(33(31)51-20-38(40,41)42)44-36(52-29-17-47-11-7-24(29)8-12-47)45-34(26)48-13-9-37(10-14-48)18-49(19-37)35(50)22(2)39/h3,6,15-16,23-24,29H,2,4-5,7-14,17-20H2,1H3,(H,43,46). The molecule has 2 bridgehead atoms. The minimum atomic E-state index is -4.59. The molecule has 10 nitrogen and oxygen atoms in total. The Labute approximate surface area is 298 Å². The molecule has 1 atom stereocenters. The number of halogens is 4. The van der Waals surface area contributed by atoms with Crippen LogP contribution in [0, 0.1) is 18.3 Å². The zero-order valence-electron chi connectivity index (χ0n) is 29.1. The third-order valence-electron chi connectivity index (χ3n) is 12.0. The smallest absolute Gasteiger partial charge is 0.422 e. The van der Waals surface area contributed by atoms with Crippen LogP contribution in [0.1, 0.15) is 55.6 Å². The number of amides is 1. The summed E-state index contributed by atoms with van der Waals surface area (Å²) in [6.07, 6.45) is 2.30. The molecule has 274 valence electrons. The Balaban J connectivity index is 1.19. The van der Waals surface area contributed by atoms with Crippen LogP contribution >= 0.6 is 0 Å². The maximum Gasteiger partial charge on any atom is 0.422 e. The van der Waals surface area contributed by atoms with Crippen LogP contribution in [0.5, 0.6) is 11.8 Å². The van der Waals surface area contributed by atoms with E-state index in [0.29, 0.717) is 48.9 Å². The maximum atomic E-state index is 14.0. The van der Waals surface area contributed by atoms with Crippen LogP contribution in [0.2, 0.25) is 0 Å². The molecule has 7 heterocycles. The molecule has 14 heteroatoms. The summed E-state index contributed by atoms with van der Waals surface area (Å²) in [5.41, 5.74) is 4.09. The molecule has 1 amide bonds. The topological polar surface area (TPSA) is 99.7 Å². The number of fused-ring (bicyclic) bond motifs is 5. The Bertz CT molecular complexity index is 2070. The summed E-state index contributed by atoms with van der Waals surface area (Å²) < 4.78 is 68.2. The highest BCUT2D eigenvalue weighted by Gasteiger charge is 2.48. The molecule has 4 aromatic rings. The maximum absolute atomic E-state index is 14.0. The number of carbonyl (C=O) groups excluding carboxylic acids is 1. The molecular weight excluding hydrogens is 678 g/mol. The van der Waals surface area contributed by atoms with Crippen LogP contribution in [-0.2, 0) is 4.79 Å². The van der Waals surface area contributed by atoms with Crippen LogP contribution in [0.15, 0.2) is 36.8 Å². The molecule has 52 heavy (non-hydrogen) atoms. The second-order valence-corrected chi connectivity index (χ2v) is 15.5. The number of rotatable bonds is 8. The van der Waals surface area contributed by atoms with Gasteiger partial charge < -0.3 is 19.3 Å². The van der Waals surface area contributed by atoms with Crippen molar-refractivity contribution in [3.63, 3.8) is 0 Å². The van der Waals surface area contributed by atoms with Crippen molar-refractivity contribution >= 4 is 33.5 Å². The van der Waals surface area contributed by atoms with Gasteiger partial charge in [0.1, 0.15) is 17.4 Å². The van der Waals surface area contributed by atoms with Crippen molar-refractivity contribution in [2.24, 2.45) is 11.3 Å². The molecule has 10 rings (SSSR count). The molecule has 6 fully saturated rings. The first-order valence-electron chi connectivity index (χ1n) is 18.2. The number of nitrogens with zero attached hydrogens (tertiary/aromatic N) is 6. The number of aryl methyl sites for hydroxylation is 1. The van der Waals surface area contributed by atoms with E-state index in [9.17, 15) is 22.4 Å². The lowest BCUT2D eigenvalue weighted by Gasteiger charge is -2.54. The molecule has 2 aromatic heterocycles. The Kier molecular flexibility index (Phi) is 7.90. The van der Waals surface area contributed by atoms with E-state index in [-0.39, 0.29) is 34.7 Å². The Morgan fingerprint density at radius 2 is 1.79 bits per heavy atom. The fraction of sp³-hybridized carbons (Fsp3) is 0.526. The number of aromatic amines is 1. The van der Waals surface area contributed by atoms with Gasteiger partial charge in [-0.05, 0) is 99.2 Å². The third-order valence-corrected chi connectivity index (χ3v) is 12.0. The molecule has 1 spiro atoms. The molecule has 0 radical (unpaired) electrons. The number of hydrogen-bond acceptors (Lipinski definition) is 8. The molecule has 1 saturated carbocycles. The first kappa shape index (κ1) is 33.4. The lowest BCUT2D eigenvalue weighted by atomic mass is 9.72. The number of carbonyl (C=O) groups is 1. The SMILES string of the molecule is C=C(F)C(=O)N1CC2(CCN(c3nc(OC4CN5CCC4CC5)nc4c(OCC(F)(F)F)c(-c5c(C)ccc6[nH]ncc56)c(C5CC5)cc34)CC2)C1. The number of alkyl halides is 3. The van der Waals surface area contributed by atoms with Gasteiger partial charge in [-0.2, -0.15) is 28.2 Å². The Morgan fingerprint density at radius 1 is 1.04 bits per heavy atom. The zero-order chi connectivity index (χ0) is 35.9. The first-order valence-corrected chi connectivity index (χ1v) is 18.2. The average Bonchev–Trinajstić information content (AvgIpc) is 3.85. The van der Waals surface area contributed by atoms with E-state index in [2.05, 4.69) is 32.6 Å². The molecule has 1 unspecified atom stereocenters. The van der Waals surface area contributed by atoms with Crippen LogP contribution in [-0.4, -0.2) is 101 Å². The third kappa shape index (κ3) is 5.92. The lowest BCUT2D eigenvalue weighted by molar-refractivity contribution is -0.153. The lowest BCUT2D eigenvalue weighted by Crippen LogP contribution is -2.62. The number of nitrogens with one attached hydrogen (secondary N) is 1. The summed E-state index contributed by atoms with van der Waals surface area (Å²) in [6, 6.07) is 6.06. The minimum Gasteiger partial charge on any atom is -0.481 e. The highest BCUT2D eigenvalue weighted by Crippen LogP contribution is 2.53. The van der Waals surface area contributed by atoms with E-state index in [1.807, 2.05) is 19.1 Å². The molecule has 1 N–H and O–H groups in total. The second kappa shape index (κ2) is 12.3. The molecule has 5 saturated heterocycles. The number of anilines is 1. The number of piperidine rings is 4. The van der Waals surface area contributed by atoms with Gasteiger partial charge in [-0.3, -0.25) is 14.8 Å². The summed E-state index contributed by atoms with van der Waals surface area (Å²) >= 11 is 0. The van der Waals surface area contributed by atoms with Gasteiger partial charge in [0.2, 0.25) is 0 Å². The van der Waals surface area contributed by atoms with E-state index in [1.165, 1.54) is 4.90 Å². The van der Waals surface area contributed by atoms with Gasteiger partial charge in [-0.15, -0.1) is 0 Å². The van der Waals surface area contributed by atoms with Gasteiger partial charge in [0, 0.05) is 54.5 Å². The van der Waals surface area contributed by atoms with E-state index in [4.69, 9.17) is 19.4 Å². The number of benzene rings is 2. The summed E-state index contributed by atoms with van der Waals surface area (Å²) in [5, 5.41) is 8.70. The van der Waals surface area contributed by atoms with Crippen LogP contribution in [0.3, 0.4) is 0 Å². The van der Waals surface area contributed by atoms with Gasteiger partial charge in [0.15, 0.2) is 18.2 Å². The van der Waals surface area contributed by atoms with Crippen LogP contribution < -0.4 is 14.4 Å². The highest BCUT2D eigenvalue weighted by molar-refractivity contribution is 6.06. The average molecular weight is 720 g/mol. The second-order valence-electron chi connectivity index (χ2n) is 15.5. The summed E-state index contributed by atoms with van der Waals surface area (Å²) in [6.45, 7) is 8.54. The van der Waals surface area contributed by atoms with Crippen molar-refractivity contribution in [1.29, 1.82) is 0 Å². The summed E-state index contributed by atoms with van der Waals surface area (Å²) in [5.74, 6) is -0.460. The Hall–Kier alpha value is -4.46. The predicted molar refractivity (Wildman–Crippen MR) is 187 cm³/mol. The van der Waals surface area contributed by atoms with E-state index >= 15 is 0 Å². The van der Waals surface area contributed by atoms with Gasteiger partial charge >= 0.3 is 12.2 Å². The summed E-state index contributed by atoms with van der Waals surface area (Å²) in [7, 11) is 0. The first-order chi connectivity index (χ1) is 25.0. The predicted octanol–water partition coefficient (Wildman–Crippen LogP) is 6.69. The largest absolute Gasteiger partial charge is 0.481 e. The molecule has 2 aromatic carbocycles.